The molecular formula is C17H23NO. The number of hydrogen-bond donors (Lipinski definition) is 1. The summed E-state index contributed by atoms with van der Waals surface area (Å²) >= 11 is 0. The molecular weight excluding hydrogens is 234 g/mol. The van der Waals surface area contributed by atoms with E-state index in [0.717, 1.165) is 18.5 Å². The minimum absolute atomic E-state index is 0.125. The van der Waals surface area contributed by atoms with E-state index in [2.05, 4.69) is 43.4 Å². The van der Waals surface area contributed by atoms with Crippen molar-refractivity contribution in [2.24, 2.45) is 0 Å². The zero-order chi connectivity index (χ0) is 13.7. The standard InChI is InChI=1S/C17H23NO/c1-13-8-9-14(2)16(10-13)11-17(19)18-12-15-6-4-3-5-7-15/h6,8-10H,3-5,7,11-12H2,1-2H3,(H,18,19). The van der Waals surface area contributed by atoms with Gasteiger partial charge in [-0.2, -0.15) is 0 Å². The topological polar surface area (TPSA) is 29.1 Å². The van der Waals surface area contributed by atoms with Gasteiger partial charge < -0.3 is 5.32 Å². The van der Waals surface area contributed by atoms with Crippen LogP contribution in [0.4, 0.5) is 0 Å². The van der Waals surface area contributed by atoms with E-state index >= 15 is 0 Å². The van der Waals surface area contributed by atoms with Gasteiger partial charge in [0.2, 0.25) is 5.91 Å². The summed E-state index contributed by atoms with van der Waals surface area (Å²) in [4.78, 5) is 12.0. The quantitative estimate of drug-likeness (QED) is 0.822. The molecule has 2 nitrogen and oxygen atoms in total. The first kappa shape index (κ1) is 13.9. The van der Waals surface area contributed by atoms with Crippen LogP contribution in [0.3, 0.4) is 0 Å². The Morgan fingerprint density at radius 1 is 1.26 bits per heavy atom. The molecule has 1 aromatic carbocycles. The molecule has 0 saturated heterocycles. The lowest BCUT2D eigenvalue weighted by Gasteiger charge is -2.14. The van der Waals surface area contributed by atoms with E-state index in [9.17, 15) is 4.79 Å². The molecule has 1 aliphatic rings. The molecule has 2 rings (SSSR count). The van der Waals surface area contributed by atoms with Crippen molar-refractivity contribution < 1.29 is 4.79 Å². The number of amides is 1. The second kappa shape index (κ2) is 6.55. The van der Waals surface area contributed by atoms with E-state index in [4.69, 9.17) is 0 Å². The fourth-order valence-corrected chi connectivity index (χ4v) is 2.50. The summed E-state index contributed by atoms with van der Waals surface area (Å²) in [6.45, 7) is 4.85. The molecule has 1 aromatic rings. The van der Waals surface area contributed by atoms with Gasteiger partial charge in [0, 0.05) is 6.54 Å². The summed E-state index contributed by atoms with van der Waals surface area (Å²) in [5.74, 6) is 0.125. The van der Waals surface area contributed by atoms with Crippen molar-refractivity contribution in [1.29, 1.82) is 0 Å². The van der Waals surface area contributed by atoms with Gasteiger partial charge in [0.05, 0.1) is 6.42 Å². The first-order valence-electron chi connectivity index (χ1n) is 7.16. The third kappa shape index (κ3) is 4.23. The van der Waals surface area contributed by atoms with Crippen molar-refractivity contribution in [3.8, 4) is 0 Å². The lowest BCUT2D eigenvalue weighted by Crippen LogP contribution is -2.27. The van der Waals surface area contributed by atoms with Crippen molar-refractivity contribution >= 4 is 5.91 Å². The van der Waals surface area contributed by atoms with Crippen LogP contribution in [0.15, 0.2) is 29.8 Å². The molecule has 0 atom stereocenters. The summed E-state index contributed by atoms with van der Waals surface area (Å²) in [6, 6.07) is 6.28. The third-order valence-electron chi connectivity index (χ3n) is 3.75. The Morgan fingerprint density at radius 3 is 2.84 bits per heavy atom. The van der Waals surface area contributed by atoms with E-state index in [1.807, 2.05) is 0 Å². The highest BCUT2D eigenvalue weighted by Crippen LogP contribution is 2.16. The highest BCUT2D eigenvalue weighted by Gasteiger charge is 2.08. The van der Waals surface area contributed by atoms with Gasteiger partial charge in [-0.1, -0.05) is 35.4 Å². The van der Waals surface area contributed by atoms with Gasteiger partial charge in [-0.3, -0.25) is 4.79 Å². The molecule has 2 heteroatoms. The summed E-state index contributed by atoms with van der Waals surface area (Å²) in [5.41, 5.74) is 4.93. The molecule has 1 amide bonds. The van der Waals surface area contributed by atoms with Gasteiger partial charge in [-0.25, -0.2) is 0 Å². The monoisotopic (exact) mass is 257 g/mol. The summed E-state index contributed by atoms with van der Waals surface area (Å²) < 4.78 is 0. The number of nitrogens with one attached hydrogen (secondary N) is 1. The van der Waals surface area contributed by atoms with Gasteiger partial charge in [0.15, 0.2) is 0 Å². The van der Waals surface area contributed by atoms with E-state index < -0.39 is 0 Å². The smallest absolute Gasteiger partial charge is 0.224 e. The molecule has 0 aromatic heterocycles. The molecule has 0 heterocycles. The summed E-state index contributed by atoms with van der Waals surface area (Å²) in [7, 11) is 0. The van der Waals surface area contributed by atoms with E-state index in [1.165, 1.54) is 36.0 Å². The molecule has 1 aliphatic carbocycles. The number of carbonyl (C=O) groups is 1. The Labute approximate surface area is 115 Å². The molecule has 0 unspecified atom stereocenters. The number of carbonyl (C=O) groups excluding carboxylic acids is 1. The maximum absolute atomic E-state index is 12.0. The molecule has 0 saturated carbocycles. The van der Waals surface area contributed by atoms with Crippen molar-refractivity contribution in [3.05, 3.63) is 46.5 Å². The third-order valence-corrected chi connectivity index (χ3v) is 3.75. The van der Waals surface area contributed by atoms with Crippen molar-refractivity contribution in [3.63, 3.8) is 0 Å². The van der Waals surface area contributed by atoms with Crippen LogP contribution in [0.25, 0.3) is 0 Å². The summed E-state index contributed by atoms with van der Waals surface area (Å²) in [5, 5.41) is 3.04. The molecule has 0 radical (unpaired) electrons. The van der Waals surface area contributed by atoms with Gasteiger partial charge in [-0.15, -0.1) is 0 Å². The van der Waals surface area contributed by atoms with E-state index in [1.54, 1.807) is 0 Å². The second-order valence-electron chi connectivity index (χ2n) is 5.49. The number of rotatable bonds is 4. The fourth-order valence-electron chi connectivity index (χ4n) is 2.50. The van der Waals surface area contributed by atoms with Crippen LogP contribution in [0, 0.1) is 13.8 Å². The Hall–Kier alpha value is -1.57. The lowest BCUT2D eigenvalue weighted by molar-refractivity contribution is -0.120. The average molecular weight is 257 g/mol. The predicted molar refractivity (Wildman–Crippen MR) is 79.2 cm³/mol. The molecule has 0 spiro atoms. The zero-order valence-corrected chi connectivity index (χ0v) is 12.0. The molecule has 19 heavy (non-hydrogen) atoms. The van der Waals surface area contributed by atoms with E-state index in [0.29, 0.717) is 6.42 Å². The second-order valence-corrected chi connectivity index (χ2v) is 5.49. The average Bonchev–Trinajstić information content (AvgIpc) is 2.42. The number of allylic oxidation sites excluding steroid dienone is 1. The van der Waals surface area contributed by atoms with Crippen LogP contribution in [0.1, 0.15) is 42.4 Å². The minimum atomic E-state index is 0.125. The SMILES string of the molecule is Cc1ccc(C)c(CC(=O)NCC2=CCCCC2)c1. The molecule has 0 fully saturated rings. The lowest BCUT2D eigenvalue weighted by atomic mass is 9.99. The maximum atomic E-state index is 12.0. The largest absolute Gasteiger partial charge is 0.352 e. The van der Waals surface area contributed by atoms with Crippen molar-refractivity contribution in [2.45, 2.75) is 46.0 Å². The van der Waals surface area contributed by atoms with Crippen LogP contribution in [0.2, 0.25) is 0 Å². The van der Waals surface area contributed by atoms with Crippen molar-refractivity contribution in [2.75, 3.05) is 6.54 Å². The summed E-state index contributed by atoms with van der Waals surface area (Å²) in [6.07, 6.45) is 7.63. The number of aryl methyl sites for hydroxylation is 2. The van der Waals surface area contributed by atoms with Gasteiger partial charge >= 0.3 is 0 Å². The first-order chi connectivity index (χ1) is 9.15. The van der Waals surface area contributed by atoms with Crippen molar-refractivity contribution in [1.82, 2.24) is 5.32 Å². The highest BCUT2D eigenvalue weighted by atomic mass is 16.1. The Kier molecular flexibility index (Phi) is 4.78. The Bertz CT molecular complexity index is 488. The molecule has 0 aliphatic heterocycles. The molecule has 1 N–H and O–H groups in total. The maximum Gasteiger partial charge on any atom is 0.224 e. The molecule has 0 bridgehead atoms. The van der Waals surface area contributed by atoms with E-state index in [-0.39, 0.29) is 5.91 Å². The highest BCUT2D eigenvalue weighted by molar-refractivity contribution is 5.79. The van der Waals surface area contributed by atoms with Gasteiger partial charge in [0.25, 0.3) is 0 Å². The van der Waals surface area contributed by atoms with Gasteiger partial charge in [0.1, 0.15) is 0 Å². The predicted octanol–water partition coefficient (Wildman–Crippen LogP) is 3.46. The van der Waals surface area contributed by atoms with Crippen LogP contribution >= 0.6 is 0 Å². The number of hydrogen-bond acceptors (Lipinski definition) is 1. The van der Waals surface area contributed by atoms with Gasteiger partial charge in [-0.05, 0) is 50.7 Å². The minimum Gasteiger partial charge on any atom is -0.352 e. The zero-order valence-electron chi connectivity index (χ0n) is 12.0. The Morgan fingerprint density at radius 2 is 2.11 bits per heavy atom. The number of benzene rings is 1. The fraction of sp³-hybridized carbons (Fsp3) is 0.471. The van der Waals surface area contributed by atoms with Crippen LogP contribution in [-0.4, -0.2) is 12.5 Å². The normalized spacial score (nSPS) is 14.9. The first-order valence-corrected chi connectivity index (χ1v) is 7.16. The van der Waals surface area contributed by atoms with Crippen LogP contribution < -0.4 is 5.32 Å². The van der Waals surface area contributed by atoms with Crippen LogP contribution in [-0.2, 0) is 11.2 Å². The Balaban J connectivity index is 1.87. The molecule has 102 valence electrons. The van der Waals surface area contributed by atoms with Crippen LogP contribution in [0.5, 0.6) is 0 Å².